The van der Waals surface area contributed by atoms with Gasteiger partial charge in [-0.05, 0) is 29.3 Å². The summed E-state index contributed by atoms with van der Waals surface area (Å²) in [7, 11) is 0. The second kappa shape index (κ2) is 4.44. The van der Waals surface area contributed by atoms with E-state index in [1.54, 1.807) is 24.3 Å². The maximum atomic E-state index is 6.91. The van der Waals surface area contributed by atoms with Gasteiger partial charge in [0.1, 0.15) is 0 Å². The summed E-state index contributed by atoms with van der Waals surface area (Å²) in [6.45, 7) is 6.91. The van der Waals surface area contributed by atoms with Gasteiger partial charge in [-0.15, -0.1) is 0 Å². The van der Waals surface area contributed by atoms with E-state index in [-0.39, 0.29) is 10.6 Å². The first-order chi connectivity index (χ1) is 7.69. The van der Waals surface area contributed by atoms with Gasteiger partial charge in [0.2, 0.25) is 10.6 Å². The van der Waals surface area contributed by atoms with Gasteiger partial charge < -0.3 is 0 Å². The first-order valence-electron chi connectivity index (χ1n) is 4.24. The van der Waals surface area contributed by atoms with Gasteiger partial charge in [0.05, 0.1) is 6.57 Å². The van der Waals surface area contributed by atoms with Crippen LogP contribution in [0.15, 0.2) is 24.3 Å². The molecule has 0 unspecified atom stereocenters. The molecule has 0 fully saturated rings. The molecule has 0 saturated carbocycles. The average Bonchev–Trinajstić information content (AvgIpc) is 2.28. The quantitative estimate of drug-likeness (QED) is 0.729. The predicted octanol–water partition coefficient (Wildman–Crippen LogP) is 3.40. The van der Waals surface area contributed by atoms with E-state index in [2.05, 4.69) is 19.8 Å². The lowest BCUT2D eigenvalue weighted by Gasteiger charge is -2.00. The Balaban J connectivity index is 2.54. The van der Waals surface area contributed by atoms with Crippen molar-refractivity contribution < 1.29 is 0 Å². The topological polar surface area (TPSA) is 43.0 Å². The highest BCUT2D eigenvalue weighted by molar-refractivity contribution is 6.31. The Kier molecular flexibility index (Phi) is 3.00. The Morgan fingerprint density at radius 3 is 2.38 bits per heavy atom. The lowest BCUT2D eigenvalue weighted by molar-refractivity contribution is 1.06. The molecule has 1 aromatic heterocycles. The van der Waals surface area contributed by atoms with Crippen molar-refractivity contribution in [2.45, 2.75) is 0 Å². The molecule has 0 spiro atoms. The summed E-state index contributed by atoms with van der Waals surface area (Å²) in [6.07, 6.45) is 0. The van der Waals surface area contributed by atoms with Crippen LogP contribution in [0.25, 0.3) is 16.2 Å². The minimum atomic E-state index is 0.0308. The molecule has 78 valence electrons. The molecule has 0 atom stereocenters. The highest BCUT2D eigenvalue weighted by Crippen LogP contribution is 2.22. The Labute approximate surface area is 102 Å². The Bertz CT molecular complexity index is 557. The van der Waals surface area contributed by atoms with Crippen molar-refractivity contribution in [2.24, 2.45) is 0 Å². The summed E-state index contributed by atoms with van der Waals surface area (Å²) < 4.78 is 0. The third kappa shape index (κ3) is 2.27. The fourth-order valence-corrected chi connectivity index (χ4v) is 1.53. The summed E-state index contributed by atoms with van der Waals surface area (Å²) in [5.74, 6) is 0.357. The van der Waals surface area contributed by atoms with E-state index < -0.39 is 0 Å². The van der Waals surface area contributed by atoms with Crippen molar-refractivity contribution in [3.8, 4) is 11.4 Å². The van der Waals surface area contributed by atoms with Crippen molar-refractivity contribution in [1.82, 2.24) is 15.0 Å². The molecule has 2 rings (SSSR count). The number of halogens is 2. The number of hydrogen-bond donors (Lipinski definition) is 0. The van der Waals surface area contributed by atoms with Gasteiger partial charge in [0.15, 0.2) is 11.5 Å². The van der Waals surface area contributed by atoms with E-state index in [1.165, 1.54) is 0 Å². The van der Waals surface area contributed by atoms with Crippen LogP contribution in [0.1, 0.15) is 0 Å². The van der Waals surface area contributed by atoms with E-state index in [4.69, 9.17) is 29.8 Å². The van der Waals surface area contributed by atoms with Crippen LogP contribution < -0.4 is 0 Å². The molecular weight excluding hydrogens is 247 g/mol. The molecule has 0 N–H and O–H groups in total. The number of benzene rings is 1. The van der Waals surface area contributed by atoms with Gasteiger partial charge in [0, 0.05) is 5.56 Å². The molecule has 1 aromatic carbocycles. The molecule has 0 aliphatic heterocycles. The molecule has 0 bridgehead atoms. The maximum Gasteiger partial charge on any atom is 0.227 e. The van der Waals surface area contributed by atoms with E-state index in [0.717, 1.165) is 0 Å². The first-order valence-corrected chi connectivity index (χ1v) is 4.99. The van der Waals surface area contributed by atoms with E-state index in [0.29, 0.717) is 17.1 Å². The third-order valence-corrected chi connectivity index (χ3v) is 2.15. The lowest BCUT2D eigenvalue weighted by atomic mass is 10.2. The largest absolute Gasteiger partial charge is 0.238 e. The molecule has 0 aliphatic carbocycles. The molecule has 0 radical (unpaired) electrons. The number of nitrogens with zero attached hydrogens (tertiary/aromatic N) is 4. The summed E-state index contributed by atoms with van der Waals surface area (Å²) in [5, 5.41) is 0.0615. The van der Waals surface area contributed by atoms with Crippen LogP contribution >= 0.6 is 23.2 Å². The fraction of sp³-hybridized carbons (Fsp3) is 0. The van der Waals surface area contributed by atoms with Crippen LogP contribution in [0.2, 0.25) is 10.6 Å². The predicted molar refractivity (Wildman–Crippen MR) is 61.5 cm³/mol. The second-order valence-electron chi connectivity index (χ2n) is 2.86. The van der Waals surface area contributed by atoms with Crippen molar-refractivity contribution in [2.75, 3.05) is 0 Å². The van der Waals surface area contributed by atoms with Crippen LogP contribution in [0.5, 0.6) is 0 Å². The van der Waals surface area contributed by atoms with Crippen molar-refractivity contribution >= 4 is 28.9 Å². The van der Waals surface area contributed by atoms with Crippen LogP contribution in [-0.2, 0) is 0 Å². The Morgan fingerprint density at radius 2 is 1.75 bits per heavy atom. The lowest BCUT2D eigenvalue weighted by Crippen LogP contribution is -1.93. The molecule has 16 heavy (non-hydrogen) atoms. The molecule has 0 amide bonds. The molecule has 0 saturated heterocycles. The first kappa shape index (κ1) is 10.8. The molecule has 4 nitrogen and oxygen atoms in total. The van der Waals surface area contributed by atoms with Gasteiger partial charge in [-0.2, -0.15) is 15.0 Å². The number of aromatic nitrogens is 3. The van der Waals surface area contributed by atoms with Crippen molar-refractivity contribution in [1.29, 1.82) is 0 Å². The zero-order valence-electron chi connectivity index (χ0n) is 7.85. The van der Waals surface area contributed by atoms with Crippen LogP contribution in [0, 0.1) is 6.57 Å². The molecule has 6 heteroatoms. The highest BCUT2D eigenvalue weighted by Gasteiger charge is 2.06. The van der Waals surface area contributed by atoms with Crippen LogP contribution in [0.4, 0.5) is 5.69 Å². The normalized spacial score (nSPS) is 9.81. The van der Waals surface area contributed by atoms with E-state index in [9.17, 15) is 0 Å². The van der Waals surface area contributed by atoms with Gasteiger partial charge in [0.25, 0.3) is 0 Å². The zero-order chi connectivity index (χ0) is 11.5. The smallest absolute Gasteiger partial charge is 0.227 e. The maximum absolute atomic E-state index is 6.91. The van der Waals surface area contributed by atoms with Crippen molar-refractivity contribution in [3.63, 3.8) is 0 Å². The minimum Gasteiger partial charge on any atom is -0.238 e. The summed E-state index contributed by atoms with van der Waals surface area (Å²) in [6, 6.07) is 6.88. The van der Waals surface area contributed by atoms with E-state index >= 15 is 0 Å². The third-order valence-electron chi connectivity index (χ3n) is 1.81. The summed E-state index contributed by atoms with van der Waals surface area (Å²) >= 11 is 11.3. The fourth-order valence-electron chi connectivity index (χ4n) is 1.17. The van der Waals surface area contributed by atoms with Gasteiger partial charge in [-0.3, -0.25) is 0 Å². The molecule has 0 aliphatic rings. The highest BCUT2D eigenvalue weighted by atomic mass is 35.5. The van der Waals surface area contributed by atoms with Crippen molar-refractivity contribution in [3.05, 3.63) is 46.2 Å². The SMILES string of the molecule is [C-]#[N+]c1cccc(-c2nc(Cl)nc(Cl)n2)c1. The average molecular weight is 251 g/mol. The van der Waals surface area contributed by atoms with Crippen LogP contribution in [-0.4, -0.2) is 15.0 Å². The van der Waals surface area contributed by atoms with Gasteiger partial charge in [-0.25, -0.2) is 4.85 Å². The standard InChI is InChI=1S/C10H4Cl2N4/c1-13-7-4-2-3-6(5-7)8-14-9(11)16-10(12)15-8/h2-5H. The minimum absolute atomic E-state index is 0.0308. The Hall–Kier alpha value is -1.70. The number of hydrogen-bond acceptors (Lipinski definition) is 3. The molecule has 2 aromatic rings. The Morgan fingerprint density at radius 1 is 1.06 bits per heavy atom. The monoisotopic (exact) mass is 250 g/mol. The molecule has 1 heterocycles. The van der Waals surface area contributed by atoms with Gasteiger partial charge in [-0.1, -0.05) is 18.2 Å². The summed E-state index contributed by atoms with van der Waals surface area (Å²) in [5.41, 5.74) is 1.19. The van der Waals surface area contributed by atoms with E-state index in [1.807, 2.05) is 0 Å². The van der Waals surface area contributed by atoms with Crippen LogP contribution in [0.3, 0.4) is 0 Å². The second-order valence-corrected chi connectivity index (χ2v) is 3.54. The summed E-state index contributed by atoms with van der Waals surface area (Å²) in [4.78, 5) is 14.8. The van der Waals surface area contributed by atoms with Gasteiger partial charge >= 0.3 is 0 Å². The zero-order valence-corrected chi connectivity index (χ0v) is 9.37. The molecular formula is C10H4Cl2N4. The number of rotatable bonds is 1.